The van der Waals surface area contributed by atoms with E-state index in [9.17, 15) is 0 Å². The summed E-state index contributed by atoms with van der Waals surface area (Å²) in [7, 11) is -0.787. The van der Waals surface area contributed by atoms with Crippen molar-refractivity contribution in [3.8, 4) is 0 Å². The van der Waals surface area contributed by atoms with Crippen molar-refractivity contribution in [1.82, 2.24) is 0 Å². The predicted octanol–water partition coefficient (Wildman–Crippen LogP) is 9.25. The second-order valence-electron chi connectivity index (χ2n) is 13.1. The molecule has 184 valence electrons. The Morgan fingerprint density at radius 1 is 0.515 bits per heavy atom. The molecule has 1 nitrogen and oxygen atoms in total. The first-order valence-electron chi connectivity index (χ1n) is 12.5. The van der Waals surface area contributed by atoms with Crippen LogP contribution in [0.25, 0.3) is 0 Å². The van der Waals surface area contributed by atoms with E-state index in [0.29, 0.717) is 0 Å². The zero-order valence-corrected chi connectivity index (χ0v) is 25.5. The number of hydrogen-bond acceptors (Lipinski definition) is 1. The lowest BCUT2D eigenvalue weighted by molar-refractivity contribution is 0.714. The van der Waals surface area contributed by atoms with Crippen LogP contribution in [-0.4, -0.2) is 27.2 Å². The van der Waals surface area contributed by atoms with Crippen molar-refractivity contribution in [2.45, 2.75) is 111 Å². The first kappa shape index (κ1) is 28.3. The Labute approximate surface area is 208 Å². The molecule has 0 heterocycles. The second-order valence-corrected chi connectivity index (χ2v) is 20.7. The molecular formula is C30H49NP2. The van der Waals surface area contributed by atoms with Crippen LogP contribution in [0.4, 0.5) is 11.4 Å². The summed E-state index contributed by atoms with van der Waals surface area (Å²) in [5, 5.41) is 3.97. The fourth-order valence-electron chi connectivity index (χ4n) is 5.69. The molecule has 2 rings (SSSR count). The molecule has 33 heavy (non-hydrogen) atoms. The largest absolute Gasteiger partial charge is 0.341 e. The van der Waals surface area contributed by atoms with Crippen LogP contribution >= 0.6 is 15.8 Å². The fraction of sp³-hybridized carbons (Fsp3) is 0.600. The molecule has 0 amide bonds. The summed E-state index contributed by atoms with van der Waals surface area (Å²) in [6, 6.07) is 18.4. The van der Waals surface area contributed by atoms with Crippen molar-refractivity contribution < 1.29 is 0 Å². The summed E-state index contributed by atoms with van der Waals surface area (Å²) < 4.78 is 0. The molecular weight excluding hydrogens is 436 g/mol. The van der Waals surface area contributed by atoms with E-state index in [2.05, 4.69) is 143 Å². The number of anilines is 2. The van der Waals surface area contributed by atoms with Gasteiger partial charge in [-0.3, -0.25) is 0 Å². The van der Waals surface area contributed by atoms with E-state index < -0.39 is 15.8 Å². The van der Waals surface area contributed by atoms with Gasteiger partial charge in [0.25, 0.3) is 0 Å². The van der Waals surface area contributed by atoms with Crippen molar-refractivity contribution in [3.63, 3.8) is 0 Å². The molecule has 2 aromatic rings. The van der Waals surface area contributed by atoms with Crippen LogP contribution in [0, 0.1) is 0 Å². The standard InChI is InChI=1S/C30H49NP2/c1-14-31(23-19-15-17-21-25(23)32(27(2,3)4)28(5,6)7)24-20-16-18-22-26(24)33(29(8,9)10)30(11,12)13/h15-22H,14H2,1-13H3. The molecule has 0 unspecified atom stereocenters. The Bertz CT molecular complexity index is 816. The first-order chi connectivity index (χ1) is 14.9. The van der Waals surface area contributed by atoms with E-state index in [0.717, 1.165) is 6.54 Å². The molecule has 0 saturated carbocycles. The summed E-state index contributed by atoms with van der Waals surface area (Å²) >= 11 is 0. The Morgan fingerprint density at radius 2 is 0.788 bits per heavy atom. The van der Waals surface area contributed by atoms with E-state index in [-0.39, 0.29) is 20.6 Å². The van der Waals surface area contributed by atoms with Crippen LogP contribution < -0.4 is 15.5 Å². The summed E-state index contributed by atoms with van der Waals surface area (Å²) in [4.78, 5) is 2.60. The van der Waals surface area contributed by atoms with Gasteiger partial charge >= 0.3 is 0 Å². The molecule has 0 atom stereocenters. The average molecular weight is 486 g/mol. The van der Waals surface area contributed by atoms with Crippen LogP contribution in [0.1, 0.15) is 90.0 Å². The van der Waals surface area contributed by atoms with Gasteiger partial charge in [0.1, 0.15) is 0 Å². The summed E-state index contributed by atoms with van der Waals surface area (Å²) in [5.41, 5.74) is 2.78. The number of hydrogen-bond donors (Lipinski definition) is 0. The minimum Gasteiger partial charge on any atom is -0.341 e. The van der Waals surface area contributed by atoms with E-state index >= 15 is 0 Å². The Kier molecular flexibility index (Phi) is 8.58. The lowest BCUT2D eigenvalue weighted by atomic mass is 10.2. The van der Waals surface area contributed by atoms with Crippen molar-refractivity contribution in [2.75, 3.05) is 11.4 Å². The number of rotatable bonds is 5. The quantitative estimate of drug-likeness (QED) is 0.381. The molecule has 3 heteroatoms. The highest BCUT2D eigenvalue weighted by Crippen LogP contribution is 2.61. The van der Waals surface area contributed by atoms with Gasteiger partial charge in [-0.15, -0.1) is 0 Å². The SMILES string of the molecule is CCN(c1ccccc1P(C(C)(C)C)C(C)(C)C)c1ccccc1P(C(C)(C)C)C(C)(C)C. The third kappa shape index (κ3) is 6.61. The highest BCUT2D eigenvalue weighted by atomic mass is 31.1. The van der Waals surface area contributed by atoms with Gasteiger partial charge in [-0.2, -0.15) is 0 Å². The van der Waals surface area contributed by atoms with E-state index in [1.165, 1.54) is 22.0 Å². The van der Waals surface area contributed by atoms with Crippen molar-refractivity contribution in [3.05, 3.63) is 48.5 Å². The number of benzene rings is 2. The molecule has 0 aliphatic heterocycles. The number of para-hydroxylation sites is 2. The average Bonchev–Trinajstić information content (AvgIpc) is 2.60. The van der Waals surface area contributed by atoms with Crippen molar-refractivity contribution in [2.24, 2.45) is 0 Å². The van der Waals surface area contributed by atoms with Gasteiger partial charge in [0.15, 0.2) is 0 Å². The van der Waals surface area contributed by atoms with Crippen LogP contribution in [0.15, 0.2) is 48.5 Å². The second kappa shape index (κ2) is 9.99. The van der Waals surface area contributed by atoms with E-state index in [1.54, 1.807) is 0 Å². The molecule has 0 aromatic heterocycles. The molecule has 0 aliphatic rings. The minimum atomic E-state index is -0.394. The van der Waals surface area contributed by atoms with E-state index in [4.69, 9.17) is 0 Å². The van der Waals surface area contributed by atoms with Gasteiger partial charge in [-0.05, 0) is 39.7 Å². The summed E-state index contributed by atoms with van der Waals surface area (Å²) in [6.45, 7) is 32.3. The zero-order valence-electron chi connectivity index (χ0n) is 23.7. The topological polar surface area (TPSA) is 3.24 Å². The maximum Gasteiger partial charge on any atom is 0.0489 e. The monoisotopic (exact) mass is 485 g/mol. The third-order valence-corrected chi connectivity index (χ3v) is 12.9. The smallest absolute Gasteiger partial charge is 0.0489 e. The van der Waals surface area contributed by atoms with Gasteiger partial charge in [0.2, 0.25) is 0 Å². The Morgan fingerprint density at radius 3 is 1.03 bits per heavy atom. The minimum absolute atomic E-state index is 0.228. The van der Waals surface area contributed by atoms with Crippen LogP contribution in [0.5, 0.6) is 0 Å². The van der Waals surface area contributed by atoms with Gasteiger partial charge in [0, 0.05) is 28.5 Å². The first-order valence-corrected chi connectivity index (χ1v) is 15.2. The summed E-state index contributed by atoms with van der Waals surface area (Å²) in [5.74, 6) is 0. The molecule has 0 spiro atoms. The van der Waals surface area contributed by atoms with Crippen LogP contribution in [-0.2, 0) is 0 Å². The molecule has 0 fully saturated rings. The number of nitrogens with zero attached hydrogens (tertiary/aromatic N) is 1. The molecule has 0 N–H and O–H groups in total. The highest BCUT2D eigenvalue weighted by molar-refractivity contribution is 7.69. The predicted molar refractivity (Wildman–Crippen MR) is 158 cm³/mol. The van der Waals surface area contributed by atoms with Gasteiger partial charge < -0.3 is 4.90 Å². The van der Waals surface area contributed by atoms with Crippen LogP contribution in [0.2, 0.25) is 0 Å². The van der Waals surface area contributed by atoms with E-state index in [1.807, 2.05) is 0 Å². The molecule has 0 saturated heterocycles. The molecule has 0 aliphatic carbocycles. The van der Waals surface area contributed by atoms with Gasteiger partial charge in [0.05, 0.1) is 0 Å². The Hall–Kier alpha value is -0.900. The van der Waals surface area contributed by atoms with Gasteiger partial charge in [-0.1, -0.05) is 135 Å². The molecule has 2 aromatic carbocycles. The maximum absolute atomic E-state index is 2.60. The Balaban J connectivity index is 2.81. The lowest BCUT2D eigenvalue weighted by Crippen LogP contribution is -2.36. The lowest BCUT2D eigenvalue weighted by Gasteiger charge is -2.45. The van der Waals surface area contributed by atoms with Crippen molar-refractivity contribution >= 4 is 37.8 Å². The fourth-order valence-corrected chi connectivity index (χ4v) is 13.9. The van der Waals surface area contributed by atoms with Gasteiger partial charge in [-0.25, -0.2) is 0 Å². The zero-order chi connectivity index (χ0) is 25.4. The van der Waals surface area contributed by atoms with Crippen LogP contribution in [0.3, 0.4) is 0 Å². The molecule has 0 radical (unpaired) electrons. The maximum atomic E-state index is 2.60. The summed E-state index contributed by atoms with van der Waals surface area (Å²) in [6.07, 6.45) is 0. The molecule has 0 bridgehead atoms. The van der Waals surface area contributed by atoms with Crippen molar-refractivity contribution in [1.29, 1.82) is 0 Å². The third-order valence-electron chi connectivity index (χ3n) is 5.83. The normalized spacial score (nSPS) is 13.7. The highest BCUT2D eigenvalue weighted by Gasteiger charge is 2.39.